The quantitative estimate of drug-likeness (QED) is 0.526. The second-order valence-electron chi connectivity index (χ2n) is 7.46. The van der Waals surface area contributed by atoms with Crippen molar-refractivity contribution < 1.29 is 27.5 Å². The molecule has 0 radical (unpaired) electrons. The van der Waals surface area contributed by atoms with Crippen molar-refractivity contribution in [2.75, 3.05) is 17.3 Å². The van der Waals surface area contributed by atoms with Gasteiger partial charge in [-0.15, -0.1) is 0 Å². The van der Waals surface area contributed by atoms with Gasteiger partial charge in [-0.3, -0.25) is 9.59 Å². The molecule has 1 N–H and O–H groups in total. The summed E-state index contributed by atoms with van der Waals surface area (Å²) in [6.45, 7) is 1.88. The number of hydrogen-bond donors (Lipinski definition) is 1. The SMILES string of the molecule is COc1ccc(NC2=C(c3ccc(C)cc3)C(=O)N(c3cccc(C(F)(F)F)c3)C2=O)cc1. The number of aryl methyl sites for hydroxylation is 1. The minimum Gasteiger partial charge on any atom is -0.497 e. The molecule has 0 atom stereocenters. The van der Waals surface area contributed by atoms with Crippen LogP contribution in [0, 0.1) is 6.92 Å². The number of methoxy groups -OCH3 is 1. The molecule has 33 heavy (non-hydrogen) atoms. The summed E-state index contributed by atoms with van der Waals surface area (Å²) >= 11 is 0. The van der Waals surface area contributed by atoms with E-state index in [2.05, 4.69) is 5.32 Å². The summed E-state index contributed by atoms with van der Waals surface area (Å²) in [6.07, 6.45) is -4.61. The van der Waals surface area contributed by atoms with Crippen molar-refractivity contribution in [2.45, 2.75) is 13.1 Å². The summed E-state index contributed by atoms with van der Waals surface area (Å²) in [5, 5.41) is 2.97. The summed E-state index contributed by atoms with van der Waals surface area (Å²) in [5.41, 5.74) is 0.895. The number of imide groups is 1. The summed E-state index contributed by atoms with van der Waals surface area (Å²) in [7, 11) is 1.52. The van der Waals surface area contributed by atoms with Crippen LogP contribution >= 0.6 is 0 Å². The normalized spacial score (nSPS) is 14.2. The van der Waals surface area contributed by atoms with Crippen molar-refractivity contribution in [3.05, 3.63) is 95.2 Å². The average Bonchev–Trinajstić information content (AvgIpc) is 3.04. The molecule has 4 rings (SSSR count). The molecule has 1 aliphatic heterocycles. The number of nitrogens with one attached hydrogen (secondary N) is 1. The first-order valence-corrected chi connectivity index (χ1v) is 9.97. The van der Waals surface area contributed by atoms with Gasteiger partial charge in [0.2, 0.25) is 0 Å². The number of nitrogens with zero attached hydrogens (tertiary/aromatic N) is 1. The number of halogens is 3. The monoisotopic (exact) mass is 452 g/mol. The van der Waals surface area contributed by atoms with Gasteiger partial charge in [0.25, 0.3) is 11.8 Å². The predicted molar refractivity (Wildman–Crippen MR) is 119 cm³/mol. The Morgan fingerprint density at radius 1 is 0.879 bits per heavy atom. The van der Waals surface area contributed by atoms with Gasteiger partial charge >= 0.3 is 6.18 Å². The fraction of sp³-hybridized carbons (Fsp3) is 0.120. The Labute approximate surface area is 188 Å². The van der Waals surface area contributed by atoms with Crippen LogP contribution in [0.3, 0.4) is 0 Å². The number of carbonyl (C=O) groups is 2. The lowest BCUT2D eigenvalue weighted by Gasteiger charge is -2.17. The minimum atomic E-state index is -4.61. The van der Waals surface area contributed by atoms with E-state index in [0.29, 0.717) is 17.0 Å². The molecule has 168 valence electrons. The van der Waals surface area contributed by atoms with Crippen LogP contribution < -0.4 is 15.0 Å². The lowest BCUT2D eigenvalue weighted by Crippen LogP contribution is -2.32. The van der Waals surface area contributed by atoms with Gasteiger partial charge in [-0.1, -0.05) is 35.9 Å². The smallest absolute Gasteiger partial charge is 0.416 e. The summed E-state index contributed by atoms with van der Waals surface area (Å²) in [4.78, 5) is 27.5. The van der Waals surface area contributed by atoms with Crippen LogP contribution in [0.1, 0.15) is 16.7 Å². The van der Waals surface area contributed by atoms with E-state index >= 15 is 0 Å². The molecule has 1 heterocycles. The van der Waals surface area contributed by atoms with Gasteiger partial charge in [0, 0.05) is 5.69 Å². The third-order valence-corrected chi connectivity index (χ3v) is 5.22. The zero-order valence-electron chi connectivity index (χ0n) is 17.7. The molecule has 0 unspecified atom stereocenters. The Balaban J connectivity index is 1.79. The third-order valence-electron chi connectivity index (χ3n) is 5.22. The highest BCUT2D eigenvalue weighted by Gasteiger charge is 2.41. The number of hydrogen-bond acceptors (Lipinski definition) is 4. The van der Waals surface area contributed by atoms with Crippen LogP contribution in [-0.2, 0) is 15.8 Å². The topological polar surface area (TPSA) is 58.6 Å². The van der Waals surface area contributed by atoms with E-state index in [1.54, 1.807) is 48.5 Å². The molecule has 0 fully saturated rings. The fourth-order valence-electron chi connectivity index (χ4n) is 3.51. The van der Waals surface area contributed by atoms with Gasteiger partial charge in [-0.05, 0) is 55.0 Å². The molecule has 2 amide bonds. The zero-order valence-corrected chi connectivity index (χ0v) is 17.7. The van der Waals surface area contributed by atoms with Crippen LogP contribution in [-0.4, -0.2) is 18.9 Å². The van der Waals surface area contributed by atoms with Crippen LogP contribution in [0.2, 0.25) is 0 Å². The number of alkyl halides is 3. The van der Waals surface area contributed by atoms with Gasteiger partial charge in [0.15, 0.2) is 0 Å². The average molecular weight is 452 g/mol. The van der Waals surface area contributed by atoms with Crippen LogP contribution in [0.25, 0.3) is 5.57 Å². The molecule has 1 aliphatic rings. The van der Waals surface area contributed by atoms with E-state index in [1.807, 2.05) is 6.92 Å². The highest BCUT2D eigenvalue weighted by Crippen LogP contribution is 2.37. The standard InChI is InChI=1S/C25H19F3N2O3/c1-15-6-8-16(9-7-15)21-22(29-18-10-12-20(33-2)13-11-18)24(32)30(23(21)31)19-5-3-4-17(14-19)25(26,27)28/h3-14,29H,1-2H3. The van der Waals surface area contributed by atoms with Crippen molar-refractivity contribution >= 4 is 28.8 Å². The molecule has 0 saturated heterocycles. The second kappa shape index (κ2) is 8.46. The maximum absolute atomic E-state index is 13.4. The molecule has 0 bridgehead atoms. The van der Waals surface area contributed by atoms with Gasteiger partial charge in [-0.2, -0.15) is 13.2 Å². The molecular weight excluding hydrogens is 433 g/mol. The molecule has 0 aliphatic carbocycles. The van der Waals surface area contributed by atoms with Gasteiger partial charge in [0.1, 0.15) is 11.4 Å². The molecule has 0 saturated carbocycles. The molecule has 0 aromatic heterocycles. The number of rotatable bonds is 5. The molecule has 5 nitrogen and oxygen atoms in total. The maximum Gasteiger partial charge on any atom is 0.416 e. The van der Waals surface area contributed by atoms with Crippen molar-refractivity contribution in [1.82, 2.24) is 0 Å². The van der Waals surface area contributed by atoms with Crippen LogP contribution in [0.5, 0.6) is 5.75 Å². The predicted octanol–water partition coefficient (Wildman–Crippen LogP) is 5.42. The number of ether oxygens (including phenoxy) is 1. The van der Waals surface area contributed by atoms with Crippen molar-refractivity contribution in [2.24, 2.45) is 0 Å². The Morgan fingerprint density at radius 3 is 2.15 bits per heavy atom. The number of amides is 2. The van der Waals surface area contributed by atoms with E-state index in [0.717, 1.165) is 22.6 Å². The van der Waals surface area contributed by atoms with E-state index < -0.39 is 23.6 Å². The Hall–Kier alpha value is -4.07. The van der Waals surface area contributed by atoms with Crippen LogP contribution in [0.15, 0.2) is 78.5 Å². The highest BCUT2D eigenvalue weighted by molar-refractivity contribution is 6.46. The van der Waals surface area contributed by atoms with Crippen molar-refractivity contribution in [3.63, 3.8) is 0 Å². The molecule has 0 spiro atoms. The second-order valence-corrected chi connectivity index (χ2v) is 7.46. The summed E-state index contributed by atoms with van der Waals surface area (Å²) in [5.74, 6) is -0.849. The number of benzene rings is 3. The third kappa shape index (κ3) is 4.32. The van der Waals surface area contributed by atoms with Gasteiger partial charge in [-0.25, -0.2) is 4.90 Å². The van der Waals surface area contributed by atoms with E-state index in [4.69, 9.17) is 4.74 Å². The highest BCUT2D eigenvalue weighted by atomic mass is 19.4. The van der Waals surface area contributed by atoms with Crippen molar-refractivity contribution in [3.8, 4) is 5.75 Å². The molecule has 8 heteroatoms. The van der Waals surface area contributed by atoms with E-state index in [-0.39, 0.29) is 17.0 Å². The Morgan fingerprint density at radius 2 is 1.55 bits per heavy atom. The van der Waals surface area contributed by atoms with Crippen LogP contribution in [0.4, 0.5) is 24.5 Å². The zero-order chi connectivity index (χ0) is 23.8. The first-order chi connectivity index (χ1) is 15.7. The summed E-state index contributed by atoms with van der Waals surface area (Å²) < 4.78 is 44.8. The van der Waals surface area contributed by atoms with Gasteiger partial charge < -0.3 is 10.1 Å². The maximum atomic E-state index is 13.4. The molecule has 3 aromatic carbocycles. The largest absolute Gasteiger partial charge is 0.497 e. The molecule has 3 aromatic rings. The van der Waals surface area contributed by atoms with Crippen molar-refractivity contribution in [1.29, 1.82) is 0 Å². The summed E-state index contributed by atoms with van der Waals surface area (Å²) in [6, 6.07) is 17.8. The minimum absolute atomic E-state index is 0.0218. The lowest BCUT2D eigenvalue weighted by atomic mass is 10.0. The van der Waals surface area contributed by atoms with E-state index in [9.17, 15) is 22.8 Å². The first-order valence-electron chi connectivity index (χ1n) is 9.97. The Kier molecular flexibility index (Phi) is 5.68. The van der Waals surface area contributed by atoms with Gasteiger partial charge in [0.05, 0.1) is 23.9 Å². The number of carbonyl (C=O) groups excluding carboxylic acids is 2. The number of anilines is 2. The van der Waals surface area contributed by atoms with E-state index in [1.165, 1.54) is 19.2 Å². The lowest BCUT2D eigenvalue weighted by molar-refractivity contribution is -0.137. The Bertz CT molecular complexity index is 1250. The first kappa shape index (κ1) is 22.1. The fourth-order valence-corrected chi connectivity index (χ4v) is 3.51. The molecular formula is C25H19F3N2O3.